The molecule has 0 atom stereocenters. The largest absolute Gasteiger partial charge is 0.352 e. The Morgan fingerprint density at radius 3 is 2.65 bits per heavy atom. The summed E-state index contributed by atoms with van der Waals surface area (Å²) in [7, 11) is 2.22. The second-order valence-corrected chi connectivity index (χ2v) is 8.78. The van der Waals surface area contributed by atoms with E-state index >= 15 is 0 Å². The average Bonchev–Trinajstić information content (AvgIpc) is 2.96. The molecule has 4 heterocycles. The molecule has 2 aliphatic rings. The van der Waals surface area contributed by atoms with Crippen LogP contribution in [0.3, 0.4) is 0 Å². The van der Waals surface area contributed by atoms with Gasteiger partial charge in [-0.1, -0.05) is 20.8 Å². The van der Waals surface area contributed by atoms with Gasteiger partial charge in [0, 0.05) is 50.3 Å². The van der Waals surface area contributed by atoms with Crippen LogP contribution in [0.2, 0.25) is 0 Å². The highest BCUT2D eigenvalue weighted by atomic mass is 15.4. The van der Waals surface area contributed by atoms with E-state index in [2.05, 4.69) is 75.7 Å². The van der Waals surface area contributed by atoms with Crippen molar-refractivity contribution in [1.29, 1.82) is 0 Å². The highest BCUT2D eigenvalue weighted by Crippen LogP contribution is 2.25. The monoisotopic (exact) mass is 354 g/mol. The van der Waals surface area contributed by atoms with E-state index in [0.29, 0.717) is 6.04 Å². The van der Waals surface area contributed by atoms with E-state index in [1.807, 2.05) is 0 Å². The molecule has 4 rings (SSSR count). The summed E-state index contributed by atoms with van der Waals surface area (Å²) in [6.07, 6.45) is 5.76. The van der Waals surface area contributed by atoms with Gasteiger partial charge in [0.2, 0.25) is 0 Å². The zero-order chi connectivity index (χ0) is 18.3. The van der Waals surface area contributed by atoms with Gasteiger partial charge < -0.3 is 9.47 Å². The van der Waals surface area contributed by atoms with Crippen LogP contribution in [0.1, 0.15) is 50.8 Å². The Labute approximate surface area is 156 Å². The zero-order valence-corrected chi connectivity index (χ0v) is 16.4. The molecule has 140 valence electrons. The Morgan fingerprint density at radius 2 is 1.96 bits per heavy atom. The second kappa shape index (κ2) is 6.65. The summed E-state index contributed by atoms with van der Waals surface area (Å²) in [6.45, 7) is 10.6. The van der Waals surface area contributed by atoms with E-state index < -0.39 is 0 Å². The molecule has 26 heavy (non-hydrogen) atoms. The molecule has 0 amide bonds. The van der Waals surface area contributed by atoms with Gasteiger partial charge in [0.05, 0.1) is 11.4 Å². The fourth-order valence-corrected chi connectivity index (χ4v) is 3.81. The van der Waals surface area contributed by atoms with Crippen LogP contribution >= 0.6 is 0 Å². The lowest BCUT2D eigenvalue weighted by Gasteiger charge is -2.44. The first-order chi connectivity index (χ1) is 12.4. The number of imidazole rings is 1. The third kappa shape index (κ3) is 3.34. The SMILES string of the molecule is CN(Cc1cnc2n1CCCC2)C1CN(c2ccc(C(C)(C)C)nn2)C1. The quantitative estimate of drug-likeness (QED) is 0.845. The molecule has 0 bridgehead atoms. The van der Waals surface area contributed by atoms with Crippen LogP contribution in [-0.4, -0.2) is 50.8 Å². The third-order valence-corrected chi connectivity index (χ3v) is 5.69. The molecule has 0 saturated carbocycles. The summed E-state index contributed by atoms with van der Waals surface area (Å²) in [4.78, 5) is 9.37. The fraction of sp³-hybridized carbons (Fsp3) is 0.650. The van der Waals surface area contributed by atoms with Crippen LogP contribution in [0.15, 0.2) is 18.3 Å². The van der Waals surface area contributed by atoms with Gasteiger partial charge in [-0.25, -0.2) is 4.98 Å². The maximum Gasteiger partial charge on any atom is 0.151 e. The molecule has 2 aliphatic heterocycles. The van der Waals surface area contributed by atoms with Crippen molar-refractivity contribution in [1.82, 2.24) is 24.6 Å². The van der Waals surface area contributed by atoms with E-state index in [4.69, 9.17) is 0 Å². The maximum absolute atomic E-state index is 4.61. The smallest absolute Gasteiger partial charge is 0.151 e. The predicted octanol–water partition coefficient (Wildman–Crippen LogP) is 2.63. The Kier molecular flexibility index (Phi) is 4.47. The highest BCUT2D eigenvalue weighted by Gasteiger charge is 2.32. The molecule has 0 radical (unpaired) electrons. The molecule has 6 heteroatoms. The van der Waals surface area contributed by atoms with Crippen LogP contribution in [0.25, 0.3) is 0 Å². The number of aromatic nitrogens is 4. The van der Waals surface area contributed by atoms with Crippen LogP contribution in [0, 0.1) is 0 Å². The topological polar surface area (TPSA) is 50.1 Å². The number of hydrogen-bond acceptors (Lipinski definition) is 5. The molecule has 0 spiro atoms. The highest BCUT2D eigenvalue weighted by molar-refractivity contribution is 5.42. The van der Waals surface area contributed by atoms with E-state index in [1.165, 1.54) is 24.4 Å². The number of hydrogen-bond donors (Lipinski definition) is 0. The van der Waals surface area contributed by atoms with Crippen molar-refractivity contribution in [2.45, 2.75) is 64.6 Å². The summed E-state index contributed by atoms with van der Waals surface area (Å²) < 4.78 is 2.42. The van der Waals surface area contributed by atoms with E-state index in [1.54, 1.807) is 0 Å². The molecular weight excluding hydrogens is 324 g/mol. The van der Waals surface area contributed by atoms with Gasteiger partial charge in [0.25, 0.3) is 0 Å². The Morgan fingerprint density at radius 1 is 1.15 bits per heavy atom. The van der Waals surface area contributed by atoms with Gasteiger partial charge in [-0.05, 0) is 32.0 Å². The molecule has 0 unspecified atom stereocenters. The number of aryl methyl sites for hydroxylation is 1. The molecule has 6 nitrogen and oxygen atoms in total. The first-order valence-corrected chi connectivity index (χ1v) is 9.74. The minimum atomic E-state index is 0.0492. The van der Waals surface area contributed by atoms with Gasteiger partial charge in [0.1, 0.15) is 5.82 Å². The van der Waals surface area contributed by atoms with Crippen molar-refractivity contribution in [2.24, 2.45) is 0 Å². The molecule has 1 saturated heterocycles. The minimum absolute atomic E-state index is 0.0492. The first kappa shape index (κ1) is 17.5. The first-order valence-electron chi connectivity index (χ1n) is 9.74. The van der Waals surface area contributed by atoms with Gasteiger partial charge in [0.15, 0.2) is 5.82 Å². The van der Waals surface area contributed by atoms with Gasteiger partial charge in [-0.3, -0.25) is 4.90 Å². The van der Waals surface area contributed by atoms with Crippen LogP contribution < -0.4 is 4.90 Å². The summed E-state index contributed by atoms with van der Waals surface area (Å²) in [5, 5.41) is 8.85. The van der Waals surface area contributed by atoms with Gasteiger partial charge >= 0.3 is 0 Å². The molecule has 0 N–H and O–H groups in total. The number of rotatable bonds is 4. The van der Waals surface area contributed by atoms with Crippen molar-refractivity contribution < 1.29 is 0 Å². The second-order valence-electron chi connectivity index (χ2n) is 8.78. The molecule has 0 aliphatic carbocycles. The van der Waals surface area contributed by atoms with Gasteiger partial charge in [-0.15, -0.1) is 5.10 Å². The number of anilines is 1. The van der Waals surface area contributed by atoms with Crippen molar-refractivity contribution >= 4 is 5.82 Å². The number of nitrogens with zero attached hydrogens (tertiary/aromatic N) is 6. The molecule has 2 aromatic rings. The lowest BCUT2D eigenvalue weighted by atomic mass is 9.92. The van der Waals surface area contributed by atoms with E-state index in [0.717, 1.165) is 44.1 Å². The van der Waals surface area contributed by atoms with Crippen molar-refractivity contribution in [3.8, 4) is 0 Å². The van der Waals surface area contributed by atoms with Crippen LogP contribution in [0.5, 0.6) is 0 Å². The third-order valence-electron chi connectivity index (χ3n) is 5.69. The van der Waals surface area contributed by atoms with Crippen LogP contribution in [-0.2, 0) is 24.9 Å². The Hall–Kier alpha value is -1.95. The molecular formula is C20H30N6. The maximum atomic E-state index is 4.61. The normalized spacial score (nSPS) is 18.1. The number of fused-ring (bicyclic) bond motifs is 1. The minimum Gasteiger partial charge on any atom is -0.352 e. The average molecular weight is 355 g/mol. The predicted molar refractivity (Wildman–Crippen MR) is 103 cm³/mol. The van der Waals surface area contributed by atoms with Gasteiger partial charge in [-0.2, -0.15) is 5.10 Å². The molecule has 1 fully saturated rings. The van der Waals surface area contributed by atoms with E-state index in [-0.39, 0.29) is 5.41 Å². The lowest BCUT2D eigenvalue weighted by Crippen LogP contribution is -2.58. The molecule has 2 aromatic heterocycles. The molecule has 0 aromatic carbocycles. The fourth-order valence-electron chi connectivity index (χ4n) is 3.81. The van der Waals surface area contributed by atoms with Crippen molar-refractivity contribution in [3.05, 3.63) is 35.5 Å². The van der Waals surface area contributed by atoms with Crippen molar-refractivity contribution in [3.63, 3.8) is 0 Å². The summed E-state index contributed by atoms with van der Waals surface area (Å²) in [6, 6.07) is 4.78. The zero-order valence-electron chi connectivity index (χ0n) is 16.4. The Balaban J connectivity index is 1.33. The summed E-state index contributed by atoms with van der Waals surface area (Å²) >= 11 is 0. The van der Waals surface area contributed by atoms with Crippen molar-refractivity contribution in [2.75, 3.05) is 25.0 Å². The lowest BCUT2D eigenvalue weighted by molar-refractivity contribution is 0.191. The summed E-state index contributed by atoms with van der Waals surface area (Å²) in [5.41, 5.74) is 2.45. The standard InChI is InChI=1S/C20H30N6/c1-20(2,3)17-8-9-19(23-22-17)25-13-16(14-25)24(4)12-15-11-21-18-7-5-6-10-26(15)18/h8-9,11,16H,5-7,10,12-14H2,1-4H3. The van der Waals surface area contributed by atoms with E-state index in [9.17, 15) is 0 Å². The number of likely N-dealkylation sites (N-methyl/N-ethyl adjacent to an activating group) is 1. The Bertz CT molecular complexity index is 752. The summed E-state index contributed by atoms with van der Waals surface area (Å²) in [5.74, 6) is 2.26. The van der Waals surface area contributed by atoms with Crippen LogP contribution in [0.4, 0.5) is 5.82 Å².